The third-order valence-corrected chi connectivity index (χ3v) is 10.8. The van der Waals surface area contributed by atoms with Crippen LogP contribution in [0.5, 0.6) is 17.2 Å². The zero-order valence-electron chi connectivity index (χ0n) is 34.2. The van der Waals surface area contributed by atoms with E-state index < -0.39 is 10.9 Å². The zero-order valence-corrected chi connectivity index (χ0v) is 34.2. The molecule has 0 heterocycles. The highest BCUT2D eigenvalue weighted by atomic mass is 16.6. The summed E-state index contributed by atoms with van der Waals surface area (Å²) in [4.78, 5) is 25.3. The maximum Gasteiger partial charge on any atom is 0.354 e. The number of esters is 1. The molecule has 5 aromatic carbocycles. The maximum absolute atomic E-state index is 12.7. The molecule has 1 aliphatic carbocycles. The third kappa shape index (κ3) is 10.00. The number of non-ortho nitro benzene ring substituents is 1. The van der Waals surface area contributed by atoms with Crippen LogP contribution in [0.2, 0.25) is 0 Å². The molecule has 0 amide bonds. The summed E-state index contributed by atoms with van der Waals surface area (Å²) >= 11 is 0. The van der Waals surface area contributed by atoms with Crippen LogP contribution < -0.4 is 19.1 Å². The van der Waals surface area contributed by atoms with Gasteiger partial charge in [0.05, 0.1) is 24.7 Å². The molecule has 10 heteroatoms. The molecule has 0 N–H and O–H groups in total. The van der Waals surface area contributed by atoms with Crippen LogP contribution in [0.25, 0.3) is 6.08 Å². The summed E-state index contributed by atoms with van der Waals surface area (Å²) in [5, 5.41) is 20.5. The number of unbranched alkanes of at least 4 members (excludes halogenated alkanes) is 1. The van der Waals surface area contributed by atoms with E-state index in [1.165, 1.54) is 52.6 Å². The number of hydrogen-bond acceptors (Lipinski definition) is 9. The molecule has 0 saturated heterocycles. The lowest BCUT2D eigenvalue weighted by Crippen LogP contribution is -2.29. The van der Waals surface area contributed by atoms with E-state index >= 15 is 0 Å². The van der Waals surface area contributed by atoms with Crippen molar-refractivity contribution >= 4 is 23.4 Å². The van der Waals surface area contributed by atoms with Gasteiger partial charge in [-0.25, -0.2) is 4.79 Å². The molecule has 1 unspecified atom stereocenters. The molecule has 1 aliphatic rings. The number of carbonyl (C=O) groups is 1. The Balaban J connectivity index is 1.03. The molecule has 59 heavy (non-hydrogen) atoms. The van der Waals surface area contributed by atoms with Crippen LogP contribution in [0.3, 0.4) is 0 Å². The number of hydrogen-bond donors (Lipinski definition) is 0. The molecular formula is C49H51N3O7. The molecule has 10 nitrogen and oxygen atoms in total. The Bertz CT molecular complexity index is 2260. The first-order valence-corrected chi connectivity index (χ1v) is 20.2. The Morgan fingerprint density at radius 1 is 0.780 bits per heavy atom. The van der Waals surface area contributed by atoms with Crippen LogP contribution in [0.1, 0.15) is 74.8 Å². The predicted octanol–water partition coefficient (Wildman–Crippen LogP) is 10.2. The van der Waals surface area contributed by atoms with Gasteiger partial charge in [-0.1, -0.05) is 87.9 Å². The van der Waals surface area contributed by atoms with Crippen LogP contribution in [0.15, 0.2) is 127 Å². The van der Waals surface area contributed by atoms with Crippen molar-refractivity contribution in [3.8, 4) is 23.3 Å². The minimum absolute atomic E-state index is 0.00439. The van der Waals surface area contributed by atoms with Gasteiger partial charge >= 0.3 is 5.97 Å². The minimum atomic E-state index is -0.846. The van der Waals surface area contributed by atoms with Gasteiger partial charge in [-0.3, -0.25) is 10.1 Å². The van der Waals surface area contributed by atoms with Gasteiger partial charge < -0.3 is 23.8 Å². The molecule has 0 radical (unpaired) electrons. The molecule has 1 atom stereocenters. The summed E-state index contributed by atoms with van der Waals surface area (Å²) in [6.45, 7) is 12.4. The van der Waals surface area contributed by atoms with Gasteiger partial charge in [0.1, 0.15) is 35.5 Å². The van der Waals surface area contributed by atoms with Crippen LogP contribution in [-0.4, -0.2) is 50.4 Å². The largest absolute Gasteiger partial charge is 0.494 e. The highest BCUT2D eigenvalue weighted by Gasteiger charge is 2.49. The number of nitro benzene ring substituents is 1. The number of benzene rings is 5. The van der Waals surface area contributed by atoms with Gasteiger partial charge in [0.2, 0.25) is 0 Å². The third-order valence-electron chi connectivity index (χ3n) is 10.8. The van der Waals surface area contributed by atoms with E-state index in [1.807, 2.05) is 37.3 Å². The summed E-state index contributed by atoms with van der Waals surface area (Å²) in [6.07, 6.45) is 4.46. The smallest absolute Gasteiger partial charge is 0.354 e. The summed E-state index contributed by atoms with van der Waals surface area (Å²) < 4.78 is 23.2. The number of rotatable bonds is 19. The Morgan fingerprint density at radius 2 is 1.39 bits per heavy atom. The van der Waals surface area contributed by atoms with Crippen molar-refractivity contribution in [2.24, 2.45) is 0 Å². The van der Waals surface area contributed by atoms with Crippen molar-refractivity contribution in [1.82, 2.24) is 0 Å². The predicted molar refractivity (Wildman–Crippen MR) is 230 cm³/mol. The highest BCUT2D eigenvalue weighted by Crippen LogP contribution is 2.56. The number of carbonyl (C=O) groups excluding carboxylic acids is 1. The molecule has 0 fully saturated rings. The molecule has 0 bridgehead atoms. The second-order valence-electron chi connectivity index (χ2n) is 15.2. The fourth-order valence-electron chi connectivity index (χ4n) is 7.92. The average molecular weight is 794 g/mol. The van der Waals surface area contributed by atoms with Crippen LogP contribution >= 0.6 is 0 Å². The number of ether oxygens (including phenoxy) is 4. The van der Waals surface area contributed by atoms with Gasteiger partial charge in [0, 0.05) is 36.3 Å². The number of nitriles is 1. The Kier molecular flexibility index (Phi) is 13.8. The van der Waals surface area contributed by atoms with E-state index in [9.17, 15) is 20.2 Å². The fraction of sp³-hybridized carbons (Fsp3) is 0.306. The first kappa shape index (κ1) is 42.2. The monoisotopic (exact) mass is 793 g/mol. The van der Waals surface area contributed by atoms with Crippen molar-refractivity contribution in [1.29, 1.82) is 5.26 Å². The van der Waals surface area contributed by atoms with Crippen molar-refractivity contribution in [2.75, 3.05) is 44.4 Å². The first-order chi connectivity index (χ1) is 28.6. The van der Waals surface area contributed by atoms with Gasteiger partial charge in [-0.05, 0) is 108 Å². The lowest BCUT2D eigenvalue weighted by molar-refractivity contribution is -0.384. The van der Waals surface area contributed by atoms with Crippen molar-refractivity contribution in [3.05, 3.63) is 165 Å². The van der Waals surface area contributed by atoms with Gasteiger partial charge in [0.15, 0.2) is 0 Å². The second-order valence-corrected chi connectivity index (χ2v) is 15.2. The summed E-state index contributed by atoms with van der Waals surface area (Å²) in [7, 11) is 0. The molecule has 5 aromatic rings. The average Bonchev–Trinajstić information content (AvgIpc) is 3.50. The van der Waals surface area contributed by atoms with Gasteiger partial charge in [0.25, 0.3) is 5.69 Å². The minimum Gasteiger partial charge on any atom is -0.494 e. The normalized spacial score (nSPS) is 15.5. The Hall–Kier alpha value is -6.44. The highest BCUT2D eigenvalue weighted by molar-refractivity contribution is 5.99. The summed E-state index contributed by atoms with van der Waals surface area (Å²) in [5.74, 6) is 0.929. The molecule has 0 saturated carbocycles. The SMILES string of the molecule is CCCCN(CCOCCOc1ccc(C2(c3ccc(OCC)cc3)CC(C)(C)c3ccccc32)cc1)c1ccc(C=C(C#N)C(=O)Oc2ccc([N+](=O)[O-])cc2)cc1. The molecule has 0 spiro atoms. The summed E-state index contributed by atoms with van der Waals surface area (Å²) in [5.41, 5.74) is 6.22. The molecule has 304 valence electrons. The van der Waals surface area contributed by atoms with E-state index in [-0.39, 0.29) is 27.8 Å². The standard InChI is InChI=1S/C49H51N3O7/c1-5-7-28-51(40-18-12-36(13-19-40)33-37(34-50)47(53)59-44-26-20-41(21-27-44)52(54)55)29-30-56-31-32-58-43-24-16-39(17-25-43)49(38-14-22-42(23-15-38)57-6-2)35-48(3,4)45-10-8-9-11-46(45)49/h8-27,33H,5-7,28-32,35H2,1-4H3. The lowest BCUT2D eigenvalue weighted by Gasteiger charge is -2.34. The van der Waals surface area contributed by atoms with Crippen molar-refractivity contribution < 1.29 is 28.7 Å². The topological polar surface area (TPSA) is 124 Å². The number of nitro groups is 1. The van der Waals surface area contributed by atoms with Gasteiger partial charge in [-0.15, -0.1) is 0 Å². The summed E-state index contributed by atoms with van der Waals surface area (Å²) in [6, 6.07) is 40.5. The molecular weight excluding hydrogens is 743 g/mol. The second kappa shape index (κ2) is 19.3. The van der Waals surface area contributed by atoms with Crippen LogP contribution in [0, 0.1) is 21.4 Å². The van der Waals surface area contributed by atoms with Crippen LogP contribution in [0.4, 0.5) is 11.4 Å². The van der Waals surface area contributed by atoms with E-state index in [2.05, 4.69) is 98.5 Å². The van der Waals surface area contributed by atoms with Crippen molar-refractivity contribution in [3.63, 3.8) is 0 Å². The molecule has 6 rings (SSSR count). The molecule has 0 aromatic heterocycles. The Labute approximate surface area is 346 Å². The lowest BCUT2D eigenvalue weighted by atomic mass is 9.68. The number of fused-ring (bicyclic) bond motifs is 1. The van der Waals surface area contributed by atoms with E-state index in [0.29, 0.717) is 38.5 Å². The zero-order chi connectivity index (χ0) is 41.8. The van der Waals surface area contributed by atoms with Crippen molar-refractivity contribution in [2.45, 2.75) is 57.8 Å². The number of anilines is 1. The first-order valence-electron chi connectivity index (χ1n) is 20.2. The fourth-order valence-corrected chi connectivity index (χ4v) is 7.92. The van der Waals surface area contributed by atoms with E-state index in [0.717, 1.165) is 43.0 Å². The quantitative estimate of drug-likeness (QED) is 0.0153. The van der Waals surface area contributed by atoms with E-state index in [1.54, 1.807) is 0 Å². The number of nitrogens with zero attached hydrogens (tertiary/aromatic N) is 3. The van der Waals surface area contributed by atoms with E-state index in [4.69, 9.17) is 18.9 Å². The Morgan fingerprint density at radius 3 is 1.98 bits per heavy atom. The molecule has 0 aliphatic heterocycles. The maximum atomic E-state index is 12.7. The van der Waals surface area contributed by atoms with Crippen LogP contribution in [-0.2, 0) is 20.4 Å². The van der Waals surface area contributed by atoms with Gasteiger partial charge in [-0.2, -0.15) is 5.26 Å².